The van der Waals surface area contributed by atoms with Crippen LogP contribution in [0.4, 0.5) is 5.69 Å². The molecule has 0 amide bonds. The van der Waals surface area contributed by atoms with Crippen molar-refractivity contribution in [2.24, 2.45) is 0 Å². The van der Waals surface area contributed by atoms with Crippen molar-refractivity contribution in [3.63, 3.8) is 0 Å². The molecule has 0 spiro atoms. The van der Waals surface area contributed by atoms with E-state index < -0.39 is 6.10 Å². The molecule has 0 aliphatic heterocycles. The number of aromatic nitrogens is 1. The number of benzene rings is 2. The normalized spacial score (nSPS) is 12.3. The molecule has 1 heterocycles. The molecule has 1 aromatic heterocycles. The number of hydrogen-bond donors (Lipinski definition) is 1. The van der Waals surface area contributed by atoms with E-state index in [9.17, 15) is 5.11 Å². The van der Waals surface area contributed by atoms with Crippen LogP contribution in [0.3, 0.4) is 0 Å². The Morgan fingerprint density at radius 1 is 1.17 bits per heavy atom. The number of rotatable bonds is 6. The molecule has 3 aromatic rings. The zero-order valence-corrected chi connectivity index (χ0v) is 14.2. The van der Waals surface area contributed by atoms with Crippen LogP contribution in [0, 0.1) is 0 Å². The van der Waals surface area contributed by atoms with Gasteiger partial charge in [-0.25, -0.2) is 4.98 Å². The fraction of sp³-hybridized carbons (Fsp3) is 0.316. The van der Waals surface area contributed by atoms with Crippen LogP contribution in [-0.4, -0.2) is 36.9 Å². The summed E-state index contributed by atoms with van der Waals surface area (Å²) in [6.45, 7) is 2.20. The average molecular weight is 326 g/mol. The van der Waals surface area contributed by atoms with Gasteiger partial charge in [0.25, 0.3) is 0 Å². The fourth-order valence-corrected chi connectivity index (χ4v) is 2.33. The van der Waals surface area contributed by atoms with Gasteiger partial charge in [-0.3, -0.25) is 0 Å². The highest BCUT2D eigenvalue weighted by Gasteiger charge is 2.10. The van der Waals surface area contributed by atoms with Crippen molar-refractivity contribution in [2.45, 2.75) is 19.4 Å². The molecule has 126 valence electrons. The largest absolute Gasteiger partial charge is 0.491 e. The Morgan fingerprint density at radius 3 is 2.58 bits per heavy atom. The van der Waals surface area contributed by atoms with Crippen LogP contribution in [0.5, 0.6) is 5.75 Å². The number of hydrogen-bond acceptors (Lipinski definition) is 5. The maximum Gasteiger partial charge on any atom is 0.227 e. The monoisotopic (exact) mass is 326 g/mol. The van der Waals surface area contributed by atoms with Crippen molar-refractivity contribution >= 4 is 16.8 Å². The van der Waals surface area contributed by atoms with Gasteiger partial charge in [-0.2, -0.15) is 0 Å². The Kier molecular flexibility index (Phi) is 4.71. The summed E-state index contributed by atoms with van der Waals surface area (Å²) in [5.41, 5.74) is 3.51. The van der Waals surface area contributed by atoms with Crippen LogP contribution < -0.4 is 9.64 Å². The molecule has 1 N–H and O–H groups in total. The second-order valence-corrected chi connectivity index (χ2v) is 5.96. The highest BCUT2D eigenvalue weighted by molar-refractivity contribution is 5.78. The third-order valence-corrected chi connectivity index (χ3v) is 3.90. The number of fused-ring (bicyclic) bond motifs is 1. The van der Waals surface area contributed by atoms with E-state index >= 15 is 0 Å². The van der Waals surface area contributed by atoms with Crippen molar-refractivity contribution in [2.75, 3.05) is 25.6 Å². The molecule has 3 rings (SSSR count). The summed E-state index contributed by atoms with van der Waals surface area (Å²) in [6, 6.07) is 13.6. The quantitative estimate of drug-likeness (QED) is 0.748. The number of ether oxygens (including phenoxy) is 1. The molecule has 5 heteroatoms. The van der Waals surface area contributed by atoms with Gasteiger partial charge in [-0.15, -0.1) is 0 Å². The molecule has 5 nitrogen and oxygen atoms in total. The van der Waals surface area contributed by atoms with E-state index in [0.29, 0.717) is 23.6 Å². The first-order valence-electron chi connectivity index (χ1n) is 8.06. The maximum atomic E-state index is 9.58. The highest BCUT2D eigenvalue weighted by Crippen LogP contribution is 2.28. The van der Waals surface area contributed by atoms with Crippen LogP contribution >= 0.6 is 0 Å². The zero-order chi connectivity index (χ0) is 17.1. The van der Waals surface area contributed by atoms with Crippen molar-refractivity contribution in [1.82, 2.24) is 4.98 Å². The summed E-state index contributed by atoms with van der Waals surface area (Å²) >= 11 is 0. The fourth-order valence-electron chi connectivity index (χ4n) is 2.33. The van der Waals surface area contributed by atoms with Gasteiger partial charge in [0.15, 0.2) is 5.58 Å². The molecular formula is C19H22N2O3. The van der Waals surface area contributed by atoms with Crippen molar-refractivity contribution in [1.29, 1.82) is 0 Å². The Labute approximate surface area is 141 Å². The minimum absolute atomic E-state index is 0.277. The number of oxazole rings is 1. The summed E-state index contributed by atoms with van der Waals surface area (Å²) in [4.78, 5) is 6.59. The van der Waals surface area contributed by atoms with Gasteiger partial charge in [-0.05, 0) is 42.8 Å². The first kappa shape index (κ1) is 16.3. The van der Waals surface area contributed by atoms with Crippen LogP contribution in [0.15, 0.2) is 46.9 Å². The van der Waals surface area contributed by atoms with E-state index in [-0.39, 0.29) is 6.61 Å². The van der Waals surface area contributed by atoms with Crippen molar-refractivity contribution in [3.8, 4) is 17.2 Å². The van der Waals surface area contributed by atoms with Crippen LogP contribution in [0.1, 0.15) is 13.3 Å². The molecule has 2 aromatic carbocycles. The van der Waals surface area contributed by atoms with E-state index in [0.717, 1.165) is 16.8 Å². The third-order valence-electron chi connectivity index (χ3n) is 3.90. The van der Waals surface area contributed by atoms with Gasteiger partial charge in [0, 0.05) is 31.4 Å². The Balaban J connectivity index is 1.83. The number of aliphatic hydroxyl groups is 1. The van der Waals surface area contributed by atoms with Gasteiger partial charge in [-0.1, -0.05) is 6.92 Å². The predicted molar refractivity (Wildman–Crippen MR) is 95.6 cm³/mol. The number of nitrogens with zero attached hydrogens (tertiary/aromatic N) is 2. The molecule has 0 fully saturated rings. The lowest BCUT2D eigenvalue weighted by Gasteiger charge is -2.11. The lowest BCUT2D eigenvalue weighted by atomic mass is 10.2. The van der Waals surface area contributed by atoms with E-state index in [1.165, 1.54) is 0 Å². The maximum absolute atomic E-state index is 9.58. The lowest BCUT2D eigenvalue weighted by Crippen LogP contribution is -2.15. The lowest BCUT2D eigenvalue weighted by molar-refractivity contribution is 0.104. The number of anilines is 1. The highest BCUT2D eigenvalue weighted by atomic mass is 16.5. The Bertz CT molecular complexity index is 809. The minimum Gasteiger partial charge on any atom is -0.491 e. The molecule has 0 radical (unpaired) electrons. The smallest absolute Gasteiger partial charge is 0.227 e. The first-order chi connectivity index (χ1) is 11.6. The van der Waals surface area contributed by atoms with E-state index in [1.807, 2.05) is 68.4 Å². The molecule has 24 heavy (non-hydrogen) atoms. The van der Waals surface area contributed by atoms with Gasteiger partial charge >= 0.3 is 0 Å². The second-order valence-electron chi connectivity index (χ2n) is 5.96. The van der Waals surface area contributed by atoms with Crippen LogP contribution in [-0.2, 0) is 0 Å². The predicted octanol–water partition coefficient (Wildman–Crippen LogP) is 3.71. The van der Waals surface area contributed by atoms with Gasteiger partial charge < -0.3 is 19.2 Å². The average Bonchev–Trinajstić information content (AvgIpc) is 3.03. The molecule has 1 atom stereocenters. The molecule has 0 unspecified atom stereocenters. The van der Waals surface area contributed by atoms with E-state index in [1.54, 1.807) is 0 Å². The summed E-state index contributed by atoms with van der Waals surface area (Å²) in [7, 11) is 4.01. The van der Waals surface area contributed by atoms with Crippen molar-refractivity contribution < 1.29 is 14.3 Å². The van der Waals surface area contributed by atoms with Gasteiger partial charge in [0.2, 0.25) is 5.89 Å². The molecule has 0 aliphatic carbocycles. The van der Waals surface area contributed by atoms with Crippen LogP contribution in [0.2, 0.25) is 0 Å². The van der Waals surface area contributed by atoms with Gasteiger partial charge in [0.05, 0.1) is 6.10 Å². The van der Waals surface area contributed by atoms with Crippen LogP contribution in [0.25, 0.3) is 22.6 Å². The molecule has 0 saturated heterocycles. The second kappa shape index (κ2) is 6.93. The number of aliphatic hydroxyl groups excluding tert-OH is 1. The standard InChI is InChI=1S/C19H22N2O3/c1-4-15(22)12-23-16-9-10-18-17(11-16)20-19(24-18)13-5-7-14(8-6-13)21(2)3/h5-11,15,22H,4,12H2,1-3H3/t15-/m1/s1. The summed E-state index contributed by atoms with van der Waals surface area (Å²) in [6.07, 6.45) is 0.211. The zero-order valence-electron chi connectivity index (χ0n) is 14.2. The summed E-state index contributed by atoms with van der Waals surface area (Å²) in [5.74, 6) is 1.26. The van der Waals surface area contributed by atoms with Gasteiger partial charge in [0.1, 0.15) is 17.9 Å². The molecule has 0 bridgehead atoms. The Morgan fingerprint density at radius 2 is 1.92 bits per heavy atom. The SMILES string of the molecule is CC[C@@H](O)COc1ccc2oc(-c3ccc(N(C)C)cc3)nc2c1. The third kappa shape index (κ3) is 3.51. The summed E-state index contributed by atoms with van der Waals surface area (Å²) < 4.78 is 11.4. The molecule has 0 saturated carbocycles. The summed E-state index contributed by atoms with van der Waals surface area (Å²) in [5, 5.41) is 9.58. The molecule has 0 aliphatic rings. The topological polar surface area (TPSA) is 58.7 Å². The minimum atomic E-state index is -0.455. The van der Waals surface area contributed by atoms with E-state index in [4.69, 9.17) is 9.15 Å². The first-order valence-corrected chi connectivity index (χ1v) is 8.06. The van der Waals surface area contributed by atoms with Crippen molar-refractivity contribution in [3.05, 3.63) is 42.5 Å². The Hall–Kier alpha value is -2.53. The molecular weight excluding hydrogens is 304 g/mol. The van der Waals surface area contributed by atoms with E-state index in [2.05, 4.69) is 4.98 Å².